The molecular formula is C11H13N3O2. The Bertz CT molecular complexity index is 437. The Hall–Kier alpha value is -1.93. The van der Waals surface area contributed by atoms with E-state index in [4.69, 9.17) is 5.26 Å². The summed E-state index contributed by atoms with van der Waals surface area (Å²) >= 11 is 0. The van der Waals surface area contributed by atoms with E-state index in [0.717, 1.165) is 5.56 Å². The first-order chi connectivity index (χ1) is 7.56. The third-order valence-corrected chi connectivity index (χ3v) is 2.41. The summed E-state index contributed by atoms with van der Waals surface area (Å²) in [4.78, 5) is 10.3. The van der Waals surface area contributed by atoms with Crippen LogP contribution in [0.15, 0.2) is 18.2 Å². The van der Waals surface area contributed by atoms with Gasteiger partial charge >= 0.3 is 0 Å². The highest BCUT2D eigenvalue weighted by atomic mass is 16.6. The van der Waals surface area contributed by atoms with Gasteiger partial charge in [0.15, 0.2) is 0 Å². The second-order valence-electron chi connectivity index (χ2n) is 3.55. The Morgan fingerprint density at radius 2 is 2.31 bits per heavy atom. The summed E-state index contributed by atoms with van der Waals surface area (Å²) in [6, 6.07) is 6.73. The lowest BCUT2D eigenvalue weighted by atomic mass is 10.1. The Labute approximate surface area is 93.9 Å². The summed E-state index contributed by atoms with van der Waals surface area (Å²) in [6.45, 7) is 3.92. The quantitative estimate of drug-likeness (QED) is 0.619. The molecule has 0 amide bonds. The molecule has 0 aliphatic heterocycles. The van der Waals surface area contributed by atoms with Crippen LogP contribution in [0.2, 0.25) is 0 Å². The monoisotopic (exact) mass is 219 g/mol. The Morgan fingerprint density at radius 3 is 2.88 bits per heavy atom. The van der Waals surface area contributed by atoms with Crippen LogP contribution in [0.25, 0.3) is 0 Å². The van der Waals surface area contributed by atoms with Crippen LogP contribution in [-0.2, 0) is 6.54 Å². The fraction of sp³-hybridized carbons (Fsp3) is 0.364. The van der Waals surface area contributed by atoms with E-state index in [0.29, 0.717) is 12.1 Å². The van der Waals surface area contributed by atoms with Crippen molar-refractivity contribution in [1.29, 1.82) is 5.26 Å². The maximum Gasteiger partial charge on any atom is 0.272 e. The highest BCUT2D eigenvalue weighted by Crippen LogP contribution is 2.20. The number of hydrogen-bond acceptors (Lipinski definition) is 4. The van der Waals surface area contributed by atoms with Crippen molar-refractivity contribution < 1.29 is 4.92 Å². The molecule has 0 bridgehead atoms. The molecule has 0 aromatic heterocycles. The maximum absolute atomic E-state index is 10.7. The third kappa shape index (κ3) is 2.78. The van der Waals surface area contributed by atoms with Crippen LogP contribution in [0, 0.1) is 28.4 Å². The van der Waals surface area contributed by atoms with Gasteiger partial charge in [-0.05, 0) is 19.4 Å². The smallest absolute Gasteiger partial charge is 0.272 e. The first kappa shape index (κ1) is 12.1. The number of benzene rings is 1. The van der Waals surface area contributed by atoms with E-state index in [1.165, 1.54) is 6.07 Å². The Morgan fingerprint density at radius 1 is 1.62 bits per heavy atom. The van der Waals surface area contributed by atoms with E-state index < -0.39 is 4.92 Å². The fourth-order valence-electron chi connectivity index (χ4n) is 1.37. The van der Waals surface area contributed by atoms with E-state index in [9.17, 15) is 10.1 Å². The first-order valence-electron chi connectivity index (χ1n) is 4.92. The lowest BCUT2D eigenvalue weighted by Crippen LogP contribution is -2.24. The van der Waals surface area contributed by atoms with Crippen LogP contribution in [0.1, 0.15) is 18.1 Å². The summed E-state index contributed by atoms with van der Waals surface area (Å²) in [6.07, 6.45) is 0. The topological polar surface area (TPSA) is 79.0 Å². The highest BCUT2D eigenvalue weighted by Gasteiger charge is 2.13. The fourth-order valence-corrected chi connectivity index (χ4v) is 1.37. The van der Waals surface area contributed by atoms with Gasteiger partial charge in [-0.2, -0.15) is 5.26 Å². The molecule has 0 heterocycles. The molecule has 84 valence electrons. The number of nitrogens with zero attached hydrogens (tertiary/aromatic N) is 2. The maximum atomic E-state index is 10.7. The summed E-state index contributed by atoms with van der Waals surface area (Å²) in [5.41, 5.74) is 1.60. The molecule has 1 N–H and O–H groups in total. The van der Waals surface area contributed by atoms with Crippen molar-refractivity contribution in [2.75, 3.05) is 0 Å². The van der Waals surface area contributed by atoms with Gasteiger partial charge in [-0.25, -0.2) is 0 Å². The standard InChI is InChI=1S/C11H13N3O2/c1-8(6-12)13-7-10-4-3-5-11(9(10)2)14(15)16/h3-5,8,13H,7H2,1-2H3. The van der Waals surface area contributed by atoms with Crippen LogP contribution in [0.4, 0.5) is 5.69 Å². The second-order valence-corrected chi connectivity index (χ2v) is 3.55. The van der Waals surface area contributed by atoms with E-state index in [2.05, 4.69) is 5.32 Å². The highest BCUT2D eigenvalue weighted by molar-refractivity contribution is 5.44. The Kier molecular flexibility index (Phi) is 3.97. The summed E-state index contributed by atoms with van der Waals surface area (Å²) in [5.74, 6) is 0. The minimum atomic E-state index is -0.396. The zero-order valence-electron chi connectivity index (χ0n) is 9.23. The lowest BCUT2D eigenvalue weighted by molar-refractivity contribution is -0.385. The lowest BCUT2D eigenvalue weighted by Gasteiger charge is -2.08. The van der Waals surface area contributed by atoms with Gasteiger partial charge in [0.25, 0.3) is 5.69 Å². The number of nitrogens with one attached hydrogen (secondary N) is 1. The van der Waals surface area contributed by atoms with Crippen molar-refractivity contribution in [3.8, 4) is 6.07 Å². The van der Waals surface area contributed by atoms with Crippen LogP contribution < -0.4 is 5.32 Å². The van der Waals surface area contributed by atoms with Crippen LogP contribution in [0.3, 0.4) is 0 Å². The predicted octanol–water partition coefficient (Wildman–Crippen LogP) is 1.90. The average Bonchev–Trinajstić information content (AvgIpc) is 2.26. The first-order valence-corrected chi connectivity index (χ1v) is 4.92. The Balaban J connectivity index is 2.86. The SMILES string of the molecule is Cc1c(CNC(C)C#N)cccc1[N+](=O)[O-]. The molecule has 1 atom stereocenters. The van der Waals surface area contributed by atoms with Gasteiger partial charge in [-0.15, -0.1) is 0 Å². The van der Waals surface area contributed by atoms with Gasteiger partial charge in [0.05, 0.1) is 17.0 Å². The van der Waals surface area contributed by atoms with E-state index >= 15 is 0 Å². The van der Waals surface area contributed by atoms with Crippen molar-refractivity contribution in [2.24, 2.45) is 0 Å². The molecule has 16 heavy (non-hydrogen) atoms. The largest absolute Gasteiger partial charge is 0.298 e. The molecule has 0 saturated heterocycles. The van der Waals surface area contributed by atoms with Gasteiger partial charge in [-0.1, -0.05) is 12.1 Å². The molecule has 1 unspecified atom stereocenters. The number of nitro benzene ring substituents is 1. The van der Waals surface area contributed by atoms with Crippen molar-refractivity contribution in [3.63, 3.8) is 0 Å². The van der Waals surface area contributed by atoms with Crippen molar-refractivity contribution in [2.45, 2.75) is 26.4 Å². The average molecular weight is 219 g/mol. The molecule has 0 aliphatic rings. The zero-order chi connectivity index (χ0) is 12.1. The van der Waals surface area contributed by atoms with Crippen molar-refractivity contribution >= 4 is 5.69 Å². The molecule has 1 rings (SSSR count). The molecule has 0 spiro atoms. The third-order valence-electron chi connectivity index (χ3n) is 2.41. The van der Waals surface area contributed by atoms with Gasteiger partial charge in [0.2, 0.25) is 0 Å². The minimum absolute atomic E-state index is 0.115. The number of nitriles is 1. The molecule has 0 saturated carbocycles. The van der Waals surface area contributed by atoms with Crippen LogP contribution >= 0.6 is 0 Å². The van der Waals surface area contributed by atoms with E-state index in [1.54, 1.807) is 19.9 Å². The van der Waals surface area contributed by atoms with Crippen molar-refractivity contribution in [3.05, 3.63) is 39.4 Å². The van der Waals surface area contributed by atoms with Gasteiger partial charge in [0.1, 0.15) is 0 Å². The van der Waals surface area contributed by atoms with Gasteiger partial charge in [0, 0.05) is 18.2 Å². The van der Waals surface area contributed by atoms with Crippen molar-refractivity contribution in [1.82, 2.24) is 5.32 Å². The molecular weight excluding hydrogens is 206 g/mol. The molecule has 0 fully saturated rings. The molecule has 0 radical (unpaired) electrons. The normalized spacial score (nSPS) is 11.8. The summed E-state index contributed by atoms with van der Waals surface area (Å²) in [5, 5.41) is 22.3. The molecule has 1 aromatic rings. The molecule has 5 nitrogen and oxygen atoms in total. The molecule has 1 aromatic carbocycles. The summed E-state index contributed by atoms with van der Waals surface area (Å²) < 4.78 is 0. The zero-order valence-corrected chi connectivity index (χ0v) is 9.23. The van der Waals surface area contributed by atoms with Gasteiger partial charge < -0.3 is 0 Å². The minimum Gasteiger partial charge on any atom is -0.298 e. The summed E-state index contributed by atoms with van der Waals surface area (Å²) in [7, 11) is 0. The van der Waals surface area contributed by atoms with E-state index in [1.807, 2.05) is 12.1 Å². The molecule has 0 aliphatic carbocycles. The van der Waals surface area contributed by atoms with Crippen LogP contribution in [-0.4, -0.2) is 11.0 Å². The van der Waals surface area contributed by atoms with E-state index in [-0.39, 0.29) is 11.7 Å². The second kappa shape index (κ2) is 5.24. The number of hydrogen-bond donors (Lipinski definition) is 1. The predicted molar refractivity (Wildman–Crippen MR) is 59.7 cm³/mol. The van der Waals surface area contributed by atoms with Gasteiger partial charge in [-0.3, -0.25) is 15.4 Å². The number of nitro groups is 1. The number of rotatable bonds is 4. The van der Waals surface area contributed by atoms with Crippen LogP contribution in [0.5, 0.6) is 0 Å². The molecule has 5 heteroatoms.